The van der Waals surface area contributed by atoms with Crippen LogP contribution in [-0.4, -0.2) is 58.3 Å². The van der Waals surface area contributed by atoms with E-state index in [-0.39, 0.29) is 16.2 Å². The molecule has 1 aliphatic heterocycles. The van der Waals surface area contributed by atoms with Crippen LogP contribution in [-0.2, 0) is 4.79 Å². The van der Waals surface area contributed by atoms with Crippen molar-refractivity contribution in [3.05, 3.63) is 0 Å². The van der Waals surface area contributed by atoms with Crippen LogP contribution in [0.15, 0.2) is 0 Å². The van der Waals surface area contributed by atoms with Gasteiger partial charge in [-0.25, -0.2) is 4.79 Å². The Hall–Kier alpha value is -1.12. The van der Waals surface area contributed by atoms with E-state index in [9.17, 15) is 22.8 Å². The van der Waals surface area contributed by atoms with Crippen molar-refractivity contribution in [1.82, 2.24) is 10.2 Å². The van der Waals surface area contributed by atoms with E-state index in [1.54, 1.807) is 11.8 Å². The van der Waals surface area contributed by atoms with Crippen molar-refractivity contribution in [1.29, 1.82) is 0 Å². The predicted molar refractivity (Wildman–Crippen MR) is 68.8 cm³/mol. The average molecular weight is 314 g/mol. The summed E-state index contributed by atoms with van der Waals surface area (Å²) < 4.78 is 36.8. The monoisotopic (exact) mass is 314 g/mol. The number of carbonyl (C=O) groups excluding carboxylic acids is 1. The van der Waals surface area contributed by atoms with Crippen molar-refractivity contribution in [2.45, 2.75) is 30.7 Å². The molecule has 0 aromatic carbocycles. The first-order valence-electron chi connectivity index (χ1n) is 6.07. The van der Waals surface area contributed by atoms with Gasteiger partial charge in [-0.3, -0.25) is 4.79 Å². The van der Waals surface area contributed by atoms with Crippen LogP contribution in [0.1, 0.15) is 19.8 Å². The zero-order valence-electron chi connectivity index (χ0n) is 11.0. The Bertz CT molecular complexity index is 370. The molecule has 1 saturated heterocycles. The number of hydrogen-bond donors (Lipinski definition) is 2. The molecule has 20 heavy (non-hydrogen) atoms. The zero-order chi connectivity index (χ0) is 15.4. The van der Waals surface area contributed by atoms with E-state index in [1.807, 2.05) is 6.92 Å². The maximum Gasteiger partial charge on any atom is 0.406 e. The number of alkyl halides is 3. The number of nitrogens with one attached hydrogen (secondary N) is 1. The summed E-state index contributed by atoms with van der Waals surface area (Å²) in [7, 11) is 0. The van der Waals surface area contributed by atoms with Crippen LogP contribution >= 0.6 is 11.8 Å². The summed E-state index contributed by atoms with van der Waals surface area (Å²) in [5.41, 5.74) is 0. The standard InChI is InChI=1S/C11H17F3N2O3S/c1-10(3-2-4-20-10)6-15-9(19)16(5-8(17)18)7-11(12,13)14/h2-7H2,1H3,(H,15,19)(H,17,18). The number of carboxylic acid groups (broad SMARTS) is 1. The third-order valence-corrected chi connectivity index (χ3v) is 4.44. The zero-order valence-corrected chi connectivity index (χ0v) is 11.8. The molecule has 1 heterocycles. The number of halogens is 3. The first kappa shape index (κ1) is 16.9. The van der Waals surface area contributed by atoms with Crippen LogP contribution in [0.3, 0.4) is 0 Å². The van der Waals surface area contributed by atoms with E-state index in [0.717, 1.165) is 18.6 Å². The second kappa shape index (κ2) is 6.55. The lowest BCUT2D eigenvalue weighted by Crippen LogP contribution is -2.49. The largest absolute Gasteiger partial charge is 0.480 e. The van der Waals surface area contributed by atoms with Gasteiger partial charge >= 0.3 is 18.2 Å². The Balaban J connectivity index is 2.56. The molecule has 0 aliphatic carbocycles. The minimum Gasteiger partial charge on any atom is -0.480 e. The van der Waals surface area contributed by atoms with Gasteiger partial charge in [0.1, 0.15) is 13.1 Å². The van der Waals surface area contributed by atoms with Crippen molar-refractivity contribution >= 4 is 23.8 Å². The minimum absolute atomic E-state index is 0.192. The molecule has 5 nitrogen and oxygen atoms in total. The molecule has 1 aliphatic rings. The number of nitrogens with zero attached hydrogens (tertiary/aromatic N) is 1. The van der Waals surface area contributed by atoms with Crippen molar-refractivity contribution in [3.63, 3.8) is 0 Å². The highest BCUT2D eigenvalue weighted by Gasteiger charge is 2.35. The van der Waals surface area contributed by atoms with Crippen molar-refractivity contribution in [2.24, 2.45) is 0 Å². The molecule has 9 heteroatoms. The Morgan fingerprint density at radius 1 is 1.45 bits per heavy atom. The molecule has 0 radical (unpaired) electrons. The summed E-state index contributed by atoms with van der Waals surface area (Å²) >= 11 is 1.65. The topological polar surface area (TPSA) is 69.6 Å². The fourth-order valence-electron chi connectivity index (χ4n) is 1.93. The van der Waals surface area contributed by atoms with E-state index < -0.39 is 31.3 Å². The summed E-state index contributed by atoms with van der Waals surface area (Å²) in [4.78, 5) is 22.5. The highest BCUT2D eigenvalue weighted by atomic mass is 32.2. The summed E-state index contributed by atoms with van der Waals surface area (Å²) in [6, 6.07) is -1.00. The second-order valence-electron chi connectivity index (χ2n) is 4.93. The van der Waals surface area contributed by atoms with E-state index in [2.05, 4.69) is 5.32 Å². The fourth-order valence-corrected chi connectivity index (χ4v) is 3.17. The third kappa shape index (κ3) is 5.89. The highest BCUT2D eigenvalue weighted by Crippen LogP contribution is 2.36. The van der Waals surface area contributed by atoms with Gasteiger partial charge in [0, 0.05) is 11.3 Å². The quantitative estimate of drug-likeness (QED) is 0.813. The van der Waals surface area contributed by atoms with Gasteiger partial charge in [-0.1, -0.05) is 0 Å². The molecule has 1 unspecified atom stereocenters. The van der Waals surface area contributed by atoms with Gasteiger partial charge < -0.3 is 15.3 Å². The van der Waals surface area contributed by atoms with Gasteiger partial charge in [-0.05, 0) is 25.5 Å². The number of thioether (sulfide) groups is 1. The number of aliphatic carboxylic acids is 1. The van der Waals surface area contributed by atoms with Crippen LogP contribution < -0.4 is 5.32 Å². The van der Waals surface area contributed by atoms with Gasteiger partial charge in [0.15, 0.2) is 0 Å². The number of hydrogen-bond acceptors (Lipinski definition) is 3. The van der Waals surface area contributed by atoms with Crippen LogP contribution in [0.2, 0.25) is 0 Å². The predicted octanol–water partition coefficient (Wildman–Crippen LogP) is 1.93. The summed E-state index contributed by atoms with van der Waals surface area (Å²) in [6.45, 7) is -0.398. The Labute approximate surface area is 118 Å². The molecule has 0 spiro atoms. The molecule has 2 amide bonds. The lowest BCUT2D eigenvalue weighted by molar-refractivity contribution is -0.148. The van der Waals surface area contributed by atoms with Gasteiger partial charge in [0.2, 0.25) is 0 Å². The second-order valence-corrected chi connectivity index (χ2v) is 6.61. The molecule has 0 bridgehead atoms. The fraction of sp³-hybridized carbons (Fsp3) is 0.818. The number of urea groups is 1. The number of amides is 2. The maximum absolute atomic E-state index is 12.3. The first-order valence-corrected chi connectivity index (χ1v) is 7.05. The van der Waals surface area contributed by atoms with E-state index in [0.29, 0.717) is 0 Å². The van der Waals surface area contributed by atoms with Crippen molar-refractivity contribution in [3.8, 4) is 0 Å². The number of carbonyl (C=O) groups is 2. The Kier molecular flexibility index (Phi) is 5.55. The van der Waals surface area contributed by atoms with Gasteiger partial charge in [-0.15, -0.1) is 0 Å². The van der Waals surface area contributed by atoms with Crippen LogP contribution in [0.4, 0.5) is 18.0 Å². The number of carboxylic acids is 1. The third-order valence-electron chi connectivity index (χ3n) is 2.90. The van der Waals surface area contributed by atoms with Crippen LogP contribution in [0, 0.1) is 0 Å². The first-order chi connectivity index (χ1) is 9.11. The van der Waals surface area contributed by atoms with Gasteiger partial charge in [0.25, 0.3) is 0 Å². The van der Waals surface area contributed by atoms with Gasteiger partial charge in [-0.2, -0.15) is 24.9 Å². The lowest BCUT2D eigenvalue weighted by atomic mass is 10.1. The Morgan fingerprint density at radius 2 is 2.10 bits per heavy atom. The molecular weight excluding hydrogens is 297 g/mol. The molecule has 116 valence electrons. The molecule has 1 atom stereocenters. The highest BCUT2D eigenvalue weighted by molar-refractivity contribution is 8.00. The molecule has 1 rings (SSSR count). The smallest absolute Gasteiger partial charge is 0.406 e. The van der Waals surface area contributed by atoms with E-state index in [4.69, 9.17) is 5.11 Å². The molecule has 0 saturated carbocycles. The molecule has 1 fully saturated rings. The summed E-state index contributed by atoms with van der Waals surface area (Å²) in [5.74, 6) is -0.529. The normalized spacial score (nSPS) is 22.6. The summed E-state index contributed by atoms with van der Waals surface area (Å²) in [6.07, 6.45) is -2.76. The summed E-state index contributed by atoms with van der Waals surface area (Å²) in [5, 5.41) is 11.0. The molecule has 0 aromatic rings. The van der Waals surface area contributed by atoms with Crippen molar-refractivity contribution in [2.75, 3.05) is 25.4 Å². The van der Waals surface area contributed by atoms with Crippen molar-refractivity contribution < 1.29 is 27.9 Å². The Morgan fingerprint density at radius 3 is 2.55 bits per heavy atom. The van der Waals surface area contributed by atoms with Crippen LogP contribution in [0.25, 0.3) is 0 Å². The average Bonchev–Trinajstić information content (AvgIpc) is 2.70. The minimum atomic E-state index is -4.63. The van der Waals surface area contributed by atoms with E-state index >= 15 is 0 Å². The lowest BCUT2D eigenvalue weighted by Gasteiger charge is -2.27. The van der Waals surface area contributed by atoms with Crippen LogP contribution in [0.5, 0.6) is 0 Å². The SMILES string of the molecule is CC1(CNC(=O)N(CC(=O)O)CC(F)(F)F)CCCS1. The maximum atomic E-state index is 12.3. The van der Waals surface area contributed by atoms with E-state index in [1.165, 1.54) is 0 Å². The van der Waals surface area contributed by atoms with Gasteiger partial charge in [0.05, 0.1) is 0 Å². The molecule has 0 aromatic heterocycles. The molecular formula is C11H17F3N2O3S. The number of rotatable bonds is 5. The molecule has 2 N–H and O–H groups in total.